The molecule has 0 saturated carbocycles. The first-order valence-corrected chi connectivity index (χ1v) is 8.76. The van der Waals surface area contributed by atoms with Gasteiger partial charge >= 0.3 is 0 Å². The molecule has 0 unspecified atom stereocenters. The minimum Gasteiger partial charge on any atom is -0.372 e. The summed E-state index contributed by atoms with van der Waals surface area (Å²) in [6, 6.07) is 5.63. The number of aromatic nitrogens is 2. The van der Waals surface area contributed by atoms with Gasteiger partial charge in [-0.1, -0.05) is 13.8 Å². The Morgan fingerprint density at radius 2 is 1.67 bits per heavy atom. The molecule has 2 aromatic rings. The van der Waals surface area contributed by atoms with Crippen molar-refractivity contribution in [3.05, 3.63) is 35.2 Å². The van der Waals surface area contributed by atoms with Crippen molar-refractivity contribution >= 4 is 16.9 Å². The third-order valence-corrected chi connectivity index (χ3v) is 4.44. The molecule has 1 aromatic carbocycles. The van der Waals surface area contributed by atoms with Gasteiger partial charge in [-0.3, -0.25) is 4.79 Å². The minimum absolute atomic E-state index is 0.0401. The van der Waals surface area contributed by atoms with Gasteiger partial charge in [0.1, 0.15) is 0 Å². The van der Waals surface area contributed by atoms with Crippen LogP contribution in [0, 0.1) is 0 Å². The van der Waals surface area contributed by atoms with Crippen molar-refractivity contribution in [1.82, 2.24) is 14.9 Å². The fourth-order valence-corrected chi connectivity index (χ4v) is 3.35. The maximum Gasteiger partial charge on any atom is 0.254 e. The Morgan fingerprint density at radius 1 is 1.08 bits per heavy atom. The highest BCUT2D eigenvalue weighted by Gasteiger charge is 2.26. The number of morpholine rings is 1. The van der Waals surface area contributed by atoms with Gasteiger partial charge in [-0.15, -0.1) is 0 Å². The van der Waals surface area contributed by atoms with Gasteiger partial charge in [-0.05, 0) is 44.9 Å². The number of carbonyl (C=O) groups is 1. The van der Waals surface area contributed by atoms with Crippen molar-refractivity contribution in [3.8, 4) is 0 Å². The first-order valence-electron chi connectivity index (χ1n) is 8.76. The van der Waals surface area contributed by atoms with E-state index in [4.69, 9.17) is 14.7 Å². The van der Waals surface area contributed by atoms with Gasteiger partial charge in [0, 0.05) is 18.7 Å². The van der Waals surface area contributed by atoms with E-state index in [1.807, 2.05) is 36.9 Å². The number of hydrogen-bond acceptors (Lipinski definition) is 4. The maximum absolute atomic E-state index is 12.8. The van der Waals surface area contributed by atoms with Crippen LogP contribution < -0.4 is 0 Å². The molecule has 24 heavy (non-hydrogen) atoms. The van der Waals surface area contributed by atoms with Crippen LogP contribution in [0.4, 0.5) is 0 Å². The van der Waals surface area contributed by atoms with Gasteiger partial charge in [0.05, 0.1) is 34.6 Å². The van der Waals surface area contributed by atoms with Crippen molar-refractivity contribution in [2.45, 2.75) is 52.7 Å². The zero-order valence-corrected chi connectivity index (χ0v) is 14.9. The Morgan fingerprint density at radius 3 is 2.25 bits per heavy atom. The average molecular weight is 327 g/mol. The lowest BCUT2D eigenvalue weighted by molar-refractivity contribution is -0.0586. The molecule has 1 saturated heterocycles. The minimum atomic E-state index is 0.0401. The highest BCUT2D eigenvalue weighted by Crippen LogP contribution is 2.19. The molecule has 128 valence electrons. The highest BCUT2D eigenvalue weighted by molar-refractivity contribution is 5.97. The summed E-state index contributed by atoms with van der Waals surface area (Å²) in [6.45, 7) is 9.43. The van der Waals surface area contributed by atoms with Crippen LogP contribution in [0.3, 0.4) is 0 Å². The predicted octanol–water partition coefficient (Wildman–Crippen LogP) is 3.00. The smallest absolute Gasteiger partial charge is 0.254 e. The first-order chi connectivity index (χ1) is 11.5. The van der Waals surface area contributed by atoms with E-state index in [9.17, 15) is 4.79 Å². The lowest BCUT2D eigenvalue weighted by atomic mass is 10.1. The van der Waals surface area contributed by atoms with E-state index in [1.54, 1.807) is 0 Å². The van der Waals surface area contributed by atoms with Crippen molar-refractivity contribution in [3.63, 3.8) is 0 Å². The van der Waals surface area contributed by atoms with E-state index < -0.39 is 0 Å². The summed E-state index contributed by atoms with van der Waals surface area (Å²) < 4.78 is 5.71. The Hall–Kier alpha value is -2.01. The monoisotopic (exact) mass is 327 g/mol. The Balaban J connectivity index is 1.93. The number of carbonyl (C=O) groups excluding carboxylic acids is 1. The standard InChI is InChI=1S/C19H25N3O2/c1-5-15-16(6-2)21-18-9-14(7-8-17(18)20-15)19(23)22-10-12(3)24-13(4)11-22/h7-9,12-13H,5-6,10-11H2,1-4H3/t12-,13-/m0/s1. The molecule has 5 nitrogen and oxygen atoms in total. The molecule has 2 heterocycles. The zero-order valence-electron chi connectivity index (χ0n) is 14.9. The van der Waals surface area contributed by atoms with Gasteiger partial charge in [0.15, 0.2) is 0 Å². The number of amides is 1. The number of hydrogen-bond donors (Lipinski definition) is 0. The third kappa shape index (κ3) is 3.26. The largest absolute Gasteiger partial charge is 0.372 e. The van der Waals surface area contributed by atoms with Crippen molar-refractivity contribution in [1.29, 1.82) is 0 Å². The van der Waals surface area contributed by atoms with E-state index in [2.05, 4.69) is 13.8 Å². The molecule has 1 fully saturated rings. The SMILES string of the molecule is CCc1nc2ccc(C(=O)N3C[C@H](C)O[C@@H](C)C3)cc2nc1CC. The number of ether oxygens (including phenoxy) is 1. The summed E-state index contributed by atoms with van der Waals surface area (Å²) in [5.74, 6) is 0.0401. The number of rotatable bonds is 3. The highest BCUT2D eigenvalue weighted by atomic mass is 16.5. The summed E-state index contributed by atoms with van der Waals surface area (Å²) >= 11 is 0. The summed E-state index contributed by atoms with van der Waals surface area (Å²) in [4.78, 5) is 24.1. The second-order valence-corrected chi connectivity index (χ2v) is 6.50. The number of aryl methyl sites for hydroxylation is 2. The molecular formula is C19H25N3O2. The fraction of sp³-hybridized carbons (Fsp3) is 0.526. The van der Waals surface area contributed by atoms with Crippen molar-refractivity contribution < 1.29 is 9.53 Å². The molecule has 1 aromatic heterocycles. The molecule has 0 aliphatic carbocycles. The van der Waals surface area contributed by atoms with E-state index >= 15 is 0 Å². The van der Waals surface area contributed by atoms with Crippen molar-refractivity contribution in [2.75, 3.05) is 13.1 Å². The molecule has 3 rings (SSSR count). The summed E-state index contributed by atoms with van der Waals surface area (Å²) in [6.07, 6.45) is 1.85. The average Bonchev–Trinajstić information content (AvgIpc) is 2.58. The summed E-state index contributed by atoms with van der Waals surface area (Å²) in [5, 5.41) is 0. The predicted molar refractivity (Wildman–Crippen MR) is 94.2 cm³/mol. The second-order valence-electron chi connectivity index (χ2n) is 6.50. The summed E-state index contributed by atoms with van der Waals surface area (Å²) in [5.41, 5.74) is 4.38. The molecule has 0 radical (unpaired) electrons. The van der Waals surface area contributed by atoms with E-state index in [0.717, 1.165) is 35.3 Å². The summed E-state index contributed by atoms with van der Waals surface area (Å²) in [7, 11) is 0. The molecule has 1 amide bonds. The molecule has 2 atom stereocenters. The van der Waals surface area contributed by atoms with E-state index in [-0.39, 0.29) is 18.1 Å². The zero-order chi connectivity index (χ0) is 17.3. The Labute approximate surface area is 143 Å². The lowest BCUT2D eigenvalue weighted by Gasteiger charge is -2.35. The molecule has 5 heteroatoms. The normalized spacial score (nSPS) is 21.2. The molecule has 1 aliphatic heterocycles. The lowest BCUT2D eigenvalue weighted by Crippen LogP contribution is -2.48. The van der Waals surface area contributed by atoms with Gasteiger partial charge in [0.2, 0.25) is 0 Å². The van der Waals surface area contributed by atoms with E-state index in [1.165, 1.54) is 0 Å². The van der Waals surface area contributed by atoms with Crippen LogP contribution in [0.2, 0.25) is 0 Å². The van der Waals surface area contributed by atoms with E-state index in [0.29, 0.717) is 18.7 Å². The molecule has 0 N–H and O–H groups in total. The fourth-order valence-electron chi connectivity index (χ4n) is 3.35. The Bertz CT molecular complexity index is 750. The molecule has 0 spiro atoms. The van der Waals surface area contributed by atoms with Crippen molar-refractivity contribution in [2.24, 2.45) is 0 Å². The maximum atomic E-state index is 12.8. The topological polar surface area (TPSA) is 55.3 Å². The van der Waals surface area contributed by atoms with Crippen LogP contribution in [0.1, 0.15) is 49.4 Å². The van der Waals surface area contributed by atoms with Crippen LogP contribution in [0.25, 0.3) is 11.0 Å². The van der Waals surface area contributed by atoms with Crippen LogP contribution in [0.15, 0.2) is 18.2 Å². The molecular weight excluding hydrogens is 302 g/mol. The first kappa shape index (κ1) is 16.8. The van der Waals surface area contributed by atoms with Gasteiger partial charge < -0.3 is 9.64 Å². The number of nitrogens with zero attached hydrogens (tertiary/aromatic N) is 3. The Kier molecular flexibility index (Phi) is 4.81. The number of fused-ring (bicyclic) bond motifs is 1. The third-order valence-electron chi connectivity index (χ3n) is 4.44. The quantitative estimate of drug-likeness (QED) is 0.869. The van der Waals surface area contributed by atoms with Crippen LogP contribution in [-0.4, -0.2) is 46.1 Å². The van der Waals surface area contributed by atoms with Crippen LogP contribution >= 0.6 is 0 Å². The molecule has 1 aliphatic rings. The number of benzene rings is 1. The second kappa shape index (κ2) is 6.85. The van der Waals surface area contributed by atoms with Crippen LogP contribution in [0.5, 0.6) is 0 Å². The van der Waals surface area contributed by atoms with Crippen LogP contribution in [-0.2, 0) is 17.6 Å². The van der Waals surface area contributed by atoms with Gasteiger partial charge in [0.25, 0.3) is 5.91 Å². The molecule has 0 bridgehead atoms. The van der Waals surface area contributed by atoms with Gasteiger partial charge in [-0.2, -0.15) is 0 Å². The van der Waals surface area contributed by atoms with Gasteiger partial charge in [-0.25, -0.2) is 9.97 Å².